The Balaban J connectivity index is 1.67. The molecule has 4 aromatic rings. The number of nitro groups is 1. The number of thiazole rings is 1. The lowest BCUT2D eigenvalue weighted by Crippen LogP contribution is -2.29. The van der Waals surface area contributed by atoms with Gasteiger partial charge in [0.05, 0.1) is 33.4 Å². The van der Waals surface area contributed by atoms with E-state index in [0.717, 1.165) is 16.7 Å². The van der Waals surface area contributed by atoms with Gasteiger partial charge < -0.3 is 9.84 Å². The molecule has 10 heteroatoms. The second-order valence-electron chi connectivity index (χ2n) is 8.63. The van der Waals surface area contributed by atoms with Crippen molar-refractivity contribution in [2.45, 2.75) is 26.3 Å². The fraction of sp³-hybridized carbons (Fsp3) is 0.179. The highest BCUT2D eigenvalue weighted by molar-refractivity contribution is 7.22. The van der Waals surface area contributed by atoms with Crippen molar-refractivity contribution in [2.24, 2.45) is 0 Å². The molecule has 9 nitrogen and oxygen atoms in total. The number of benzene rings is 3. The normalized spacial score (nSPS) is 16.8. The molecular weight excluding hydrogens is 506 g/mol. The number of aliphatic hydroxyl groups is 1. The Labute approximate surface area is 221 Å². The van der Waals surface area contributed by atoms with E-state index in [4.69, 9.17) is 4.74 Å². The number of fused-ring (bicyclic) bond motifs is 1. The number of rotatable bonds is 7. The number of ether oxygens (including phenoxy) is 1. The number of non-ortho nitro benzene ring substituents is 1. The molecule has 0 bridgehead atoms. The first kappa shape index (κ1) is 25.1. The monoisotopic (exact) mass is 529 g/mol. The van der Waals surface area contributed by atoms with Crippen molar-refractivity contribution in [3.63, 3.8) is 0 Å². The van der Waals surface area contributed by atoms with Gasteiger partial charge in [-0.05, 0) is 73.0 Å². The number of aromatic nitrogens is 1. The van der Waals surface area contributed by atoms with E-state index in [-0.39, 0.29) is 17.0 Å². The van der Waals surface area contributed by atoms with E-state index >= 15 is 0 Å². The zero-order valence-corrected chi connectivity index (χ0v) is 21.4. The number of carbonyl (C=O) groups is 2. The first-order valence-corrected chi connectivity index (χ1v) is 12.8. The standard InChI is InChI=1S/C28H23N3O6S/c1-3-16-5-14-21-22(15-16)38-28(29-21)30-24(17-6-10-19(11-7-17)31(35)36)23(26(33)27(30)34)25(32)18-8-12-20(13-9-18)37-4-2/h5-15,24,32H,3-4H2,1-2H3/b25-23+/t24-/m0/s1. The summed E-state index contributed by atoms with van der Waals surface area (Å²) in [6, 6.07) is 16.9. The highest BCUT2D eigenvalue weighted by Crippen LogP contribution is 2.44. The lowest BCUT2D eigenvalue weighted by Gasteiger charge is -2.22. The number of Topliss-reactive ketones (excluding diaryl/α,β-unsaturated/α-hetero) is 1. The molecule has 1 N–H and O–H groups in total. The van der Waals surface area contributed by atoms with Gasteiger partial charge >= 0.3 is 5.91 Å². The smallest absolute Gasteiger partial charge is 0.301 e. The van der Waals surface area contributed by atoms with Crippen molar-refractivity contribution >= 4 is 49.8 Å². The Kier molecular flexibility index (Phi) is 6.64. The Hall–Kier alpha value is -4.57. The average molecular weight is 530 g/mol. The van der Waals surface area contributed by atoms with Gasteiger partial charge in [-0.15, -0.1) is 0 Å². The molecule has 0 saturated carbocycles. The van der Waals surface area contributed by atoms with E-state index < -0.39 is 22.7 Å². The highest BCUT2D eigenvalue weighted by atomic mass is 32.1. The predicted octanol–water partition coefficient (Wildman–Crippen LogP) is 5.79. The Morgan fingerprint density at radius 3 is 2.42 bits per heavy atom. The van der Waals surface area contributed by atoms with Crippen molar-refractivity contribution in [1.82, 2.24) is 4.98 Å². The van der Waals surface area contributed by atoms with E-state index in [1.54, 1.807) is 24.3 Å². The van der Waals surface area contributed by atoms with Crippen LogP contribution in [0.25, 0.3) is 16.0 Å². The van der Waals surface area contributed by atoms with Crippen LogP contribution in [0.2, 0.25) is 0 Å². The van der Waals surface area contributed by atoms with Gasteiger partial charge in [0.2, 0.25) is 0 Å². The summed E-state index contributed by atoms with van der Waals surface area (Å²) in [6.07, 6.45) is 0.832. The molecule has 1 atom stereocenters. The van der Waals surface area contributed by atoms with Gasteiger partial charge in [0.15, 0.2) is 5.13 Å². The van der Waals surface area contributed by atoms with Crippen molar-refractivity contribution in [2.75, 3.05) is 11.5 Å². The van der Waals surface area contributed by atoms with Gasteiger partial charge in [-0.2, -0.15) is 0 Å². The molecule has 0 aliphatic carbocycles. The van der Waals surface area contributed by atoms with Crippen molar-refractivity contribution in [1.29, 1.82) is 0 Å². The van der Waals surface area contributed by atoms with E-state index in [1.165, 1.54) is 40.5 Å². The summed E-state index contributed by atoms with van der Waals surface area (Å²) >= 11 is 1.27. The minimum absolute atomic E-state index is 0.124. The molecule has 3 aromatic carbocycles. The maximum absolute atomic E-state index is 13.4. The van der Waals surface area contributed by atoms with Crippen molar-refractivity contribution in [3.8, 4) is 5.75 Å². The number of hydrogen-bond acceptors (Lipinski definition) is 8. The van der Waals surface area contributed by atoms with E-state index in [9.17, 15) is 24.8 Å². The largest absolute Gasteiger partial charge is 0.507 e. The zero-order valence-electron chi connectivity index (χ0n) is 20.6. The number of nitrogens with zero attached hydrogens (tertiary/aromatic N) is 3. The van der Waals surface area contributed by atoms with E-state index in [0.29, 0.717) is 34.1 Å². The summed E-state index contributed by atoms with van der Waals surface area (Å²) in [5, 5.41) is 22.8. The van der Waals surface area contributed by atoms with Gasteiger partial charge in [-0.1, -0.05) is 24.3 Å². The van der Waals surface area contributed by atoms with Crippen LogP contribution in [0.3, 0.4) is 0 Å². The van der Waals surface area contributed by atoms with E-state index in [1.807, 2.05) is 32.0 Å². The maximum atomic E-state index is 13.4. The van der Waals surface area contributed by atoms with Crippen LogP contribution in [0.15, 0.2) is 72.3 Å². The Bertz CT molecular complexity index is 1590. The molecule has 192 valence electrons. The lowest BCUT2D eigenvalue weighted by molar-refractivity contribution is -0.384. The molecule has 0 unspecified atom stereocenters. The molecule has 1 saturated heterocycles. The third-order valence-corrected chi connectivity index (χ3v) is 7.38. The van der Waals surface area contributed by atoms with Crippen LogP contribution in [0.5, 0.6) is 5.75 Å². The maximum Gasteiger partial charge on any atom is 0.301 e. The van der Waals surface area contributed by atoms with Crippen LogP contribution in [0.1, 0.15) is 36.6 Å². The molecule has 1 aromatic heterocycles. The topological polar surface area (TPSA) is 123 Å². The van der Waals surface area contributed by atoms with Crippen LogP contribution in [0, 0.1) is 10.1 Å². The number of ketones is 1. The number of anilines is 1. The van der Waals surface area contributed by atoms with Crippen LogP contribution in [-0.2, 0) is 16.0 Å². The number of aryl methyl sites for hydroxylation is 1. The number of carbonyl (C=O) groups excluding carboxylic acids is 2. The van der Waals surface area contributed by atoms with Crippen LogP contribution >= 0.6 is 11.3 Å². The van der Waals surface area contributed by atoms with Gasteiger partial charge in [-0.25, -0.2) is 4.98 Å². The molecule has 2 heterocycles. The van der Waals surface area contributed by atoms with Crippen LogP contribution in [0.4, 0.5) is 10.8 Å². The Morgan fingerprint density at radius 1 is 1.08 bits per heavy atom. The third kappa shape index (κ3) is 4.39. The SMILES string of the molecule is CCOc1ccc(/C(O)=C2\C(=O)C(=O)N(c3nc4ccc(CC)cc4s3)[C@H]2c2ccc([N+](=O)[O-])cc2)cc1. The minimum Gasteiger partial charge on any atom is -0.507 e. The predicted molar refractivity (Wildman–Crippen MR) is 144 cm³/mol. The van der Waals surface area contributed by atoms with Gasteiger partial charge in [0.1, 0.15) is 11.5 Å². The fourth-order valence-electron chi connectivity index (χ4n) is 4.43. The molecule has 1 amide bonds. The summed E-state index contributed by atoms with van der Waals surface area (Å²) in [6.45, 7) is 4.36. The fourth-order valence-corrected chi connectivity index (χ4v) is 5.49. The average Bonchev–Trinajstić information content (AvgIpc) is 3.46. The molecule has 0 spiro atoms. The first-order valence-electron chi connectivity index (χ1n) is 12.0. The van der Waals surface area contributed by atoms with Gasteiger partial charge in [0, 0.05) is 17.7 Å². The molecule has 1 fully saturated rings. The lowest BCUT2D eigenvalue weighted by atomic mass is 9.95. The first-order chi connectivity index (χ1) is 18.3. The van der Waals surface area contributed by atoms with Crippen LogP contribution < -0.4 is 9.64 Å². The zero-order chi connectivity index (χ0) is 27.0. The van der Waals surface area contributed by atoms with Gasteiger partial charge in [-0.3, -0.25) is 24.6 Å². The molecule has 1 aliphatic heterocycles. The molecule has 38 heavy (non-hydrogen) atoms. The summed E-state index contributed by atoms with van der Waals surface area (Å²) in [5.74, 6) is -1.46. The molecule has 5 rings (SSSR count). The summed E-state index contributed by atoms with van der Waals surface area (Å²) < 4.78 is 6.31. The second-order valence-corrected chi connectivity index (χ2v) is 9.64. The van der Waals surface area contributed by atoms with Gasteiger partial charge in [0.25, 0.3) is 11.5 Å². The highest BCUT2D eigenvalue weighted by Gasteiger charge is 2.48. The molecular formula is C28H23N3O6S. The van der Waals surface area contributed by atoms with Crippen LogP contribution in [-0.4, -0.2) is 33.3 Å². The summed E-state index contributed by atoms with van der Waals surface area (Å²) in [5.41, 5.74) is 2.28. The second kappa shape index (κ2) is 10.1. The summed E-state index contributed by atoms with van der Waals surface area (Å²) in [4.78, 5) is 43.4. The molecule has 1 aliphatic rings. The van der Waals surface area contributed by atoms with E-state index in [2.05, 4.69) is 4.98 Å². The summed E-state index contributed by atoms with van der Waals surface area (Å²) in [7, 11) is 0. The molecule has 0 radical (unpaired) electrons. The quantitative estimate of drug-likeness (QED) is 0.106. The number of aliphatic hydroxyl groups excluding tert-OH is 1. The number of hydrogen-bond donors (Lipinski definition) is 1. The van der Waals surface area contributed by atoms with Crippen molar-refractivity contribution < 1.29 is 24.4 Å². The van der Waals surface area contributed by atoms with Crippen molar-refractivity contribution in [3.05, 3.63) is 99.1 Å². The minimum atomic E-state index is -1.03. The Morgan fingerprint density at radius 2 is 1.79 bits per heavy atom. The number of amides is 1. The third-order valence-electron chi connectivity index (χ3n) is 6.36. The number of nitro benzene ring substituents is 1.